The Balaban J connectivity index is 1.81. The molecule has 29 heavy (non-hydrogen) atoms. The van der Waals surface area contributed by atoms with Gasteiger partial charge in [0.2, 0.25) is 0 Å². The highest BCUT2D eigenvalue weighted by atomic mass is 35.5. The first-order valence-corrected chi connectivity index (χ1v) is 10.2. The average molecular weight is 434 g/mol. The van der Waals surface area contributed by atoms with E-state index >= 15 is 0 Å². The van der Waals surface area contributed by atoms with Crippen LogP contribution in [0.15, 0.2) is 65.6 Å². The summed E-state index contributed by atoms with van der Waals surface area (Å²) in [5.41, 5.74) is 0.611. The molecule has 0 spiro atoms. The first kappa shape index (κ1) is 21.1. The number of hydrogen-bond acceptors (Lipinski definition) is 3. The van der Waals surface area contributed by atoms with Gasteiger partial charge in [0.05, 0.1) is 6.61 Å². The Morgan fingerprint density at radius 3 is 2.41 bits per heavy atom. The van der Waals surface area contributed by atoms with Crippen molar-refractivity contribution in [2.24, 2.45) is 0 Å². The summed E-state index contributed by atoms with van der Waals surface area (Å²) in [6.45, 7) is 2.35. The molecule has 3 nitrogen and oxygen atoms in total. The molecule has 3 aromatic carbocycles. The molecule has 3 aromatic rings. The van der Waals surface area contributed by atoms with Crippen molar-refractivity contribution in [3.63, 3.8) is 0 Å². The van der Waals surface area contributed by atoms with Gasteiger partial charge in [0.15, 0.2) is 0 Å². The summed E-state index contributed by atoms with van der Waals surface area (Å²) in [6.07, 6.45) is 0. The van der Waals surface area contributed by atoms with E-state index in [1.165, 1.54) is 6.07 Å². The Bertz CT molecular complexity index is 992. The van der Waals surface area contributed by atoms with Gasteiger partial charge in [-0.3, -0.25) is 4.79 Å². The minimum Gasteiger partial charge on any atom is -0.494 e. The summed E-state index contributed by atoms with van der Waals surface area (Å²) in [6, 6.07) is 15.8. The van der Waals surface area contributed by atoms with Gasteiger partial charge in [0.1, 0.15) is 23.1 Å². The monoisotopic (exact) mass is 433 g/mol. The largest absolute Gasteiger partial charge is 0.494 e. The number of halogens is 3. The Kier molecular flexibility index (Phi) is 7.12. The molecule has 0 atom stereocenters. The Hall–Kier alpha value is -2.57. The molecule has 1 N–H and O–H groups in total. The van der Waals surface area contributed by atoms with Crippen LogP contribution in [-0.4, -0.2) is 12.5 Å². The van der Waals surface area contributed by atoms with E-state index in [0.717, 1.165) is 22.6 Å². The van der Waals surface area contributed by atoms with Gasteiger partial charge < -0.3 is 10.1 Å². The quantitative estimate of drug-likeness (QED) is 0.429. The number of carbonyl (C=O) groups is 1. The minimum atomic E-state index is -0.831. The number of rotatable bonds is 7. The van der Waals surface area contributed by atoms with E-state index in [9.17, 15) is 13.6 Å². The predicted molar refractivity (Wildman–Crippen MR) is 113 cm³/mol. The number of para-hydroxylation sites is 1. The first-order valence-electron chi connectivity index (χ1n) is 8.87. The minimum absolute atomic E-state index is 0.280. The first-order chi connectivity index (χ1) is 14.0. The van der Waals surface area contributed by atoms with Crippen molar-refractivity contribution in [3.8, 4) is 5.75 Å². The van der Waals surface area contributed by atoms with Gasteiger partial charge in [0, 0.05) is 26.8 Å². The normalized spacial score (nSPS) is 10.6. The highest BCUT2D eigenvalue weighted by Crippen LogP contribution is 2.30. The third-order valence-electron chi connectivity index (χ3n) is 4.03. The zero-order valence-electron chi connectivity index (χ0n) is 15.5. The molecular weight excluding hydrogens is 416 g/mol. The van der Waals surface area contributed by atoms with Crippen LogP contribution in [0.5, 0.6) is 5.75 Å². The van der Waals surface area contributed by atoms with E-state index in [-0.39, 0.29) is 5.56 Å². The fourth-order valence-corrected chi connectivity index (χ4v) is 3.63. The van der Waals surface area contributed by atoms with Crippen LogP contribution < -0.4 is 10.1 Å². The van der Waals surface area contributed by atoms with Gasteiger partial charge in [-0.15, -0.1) is 11.8 Å². The number of carbonyl (C=O) groups excluding carboxylic acids is 1. The number of amides is 1. The van der Waals surface area contributed by atoms with Crippen LogP contribution in [0.3, 0.4) is 0 Å². The molecule has 1 amide bonds. The van der Waals surface area contributed by atoms with E-state index in [0.29, 0.717) is 23.1 Å². The molecule has 0 fully saturated rings. The Morgan fingerprint density at radius 1 is 1.07 bits per heavy atom. The lowest BCUT2D eigenvalue weighted by atomic mass is 10.1. The third kappa shape index (κ3) is 5.49. The summed E-state index contributed by atoms with van der Waals surface area (Å²) in [4.78, 5) is 13.6. The molecule has 3 rings (SSSR count). The number of benzene rings is 3. The molecule has 0 heterocycles. The fraction of sp³-hybridized carbons (Fsp3) is 0.136. The Morgan fingerprint density at radius 2 is 1.76 bits per heavy atom. The van der Waals surface area contributed by atoms with E-state index < -0.39 is 23.2 Å². The molecule has 0 unspecified atom stereocenters. The third-order valence-corrected chi connectivity index (χ3v) is 5.34. The zero-order chi connectivity index (χ0) is 20.8. The topological polar surface area (TPSA) is 38.3 Å². The van der Waals surface area contributed by atoms with E-state index in [2.05, 4.69) is 5.32 Å². The highest BCUT2D eigenvalue weighted by Gasteiger charge is 2.15. The van der Waals surface area contributed by atoms with Crippen LogP contribution >= 0.6 is 23.4 Å². The van der Waals surface area contributed by atoms with Gasteiger partial charge in [-0.2, -0.15) is 0 Å². The van der Waals surface area contributed by atoms with Crippen LogP contribution in [0.4, 0.5) is 14.5 Å². The molecule has 0 aromatic heterocycles. The molecule has 0 aliphatic rings. The fourth-order valence-electron chi connectivity index (χ4n) is 2.62. The van der Waals surface area contributed by atoms with Crippen molar-refractivity contribution >= 4 is 35.0 Å². The maximum absolute atomic E-state index is 13.8. The zero-order valence-corrected chi connectivity index (χ0v) is 17.1. The van der Waals surface area contributed by atoms with E-state index in [4.69, 9.17) is 16.3 Å². The number of anilines is 1. The lowest BCUT2D eigenvalue weighted by molar-refractivity contribution is 0.102. The molecule has 0 aliphatic heterocycles. The number of ether oxygens (including phenoxy) is 1. The molecule has 0 saturated carbocycles. The van der Waals surface area contributed by atoms with Gasteiger partial charge in [0.25, 0.3) is 5.91 Å². The molecule has 150 valence electrons. The second-order valence-electron chi connectivity index (χ2n) is 6.05. The second kappa shape index (κ2) is 9.76. The molecule has 0 aliphatic carbocycles. The summed E-state index contributed by atoms with van der Waals surface area (Å²) >= 11 is 7.47. The summed E-state index contributed by atoms with van der Waals surface area (Å²) < 4.78 is 33.3. The highest BCUT2D eigenvalue weighted by molar-refractivity contribution is 7.98. The smallest absolute Gasteiger partial charge is 0.255 e. The predicted octanol–water partition coefficient (Wildman–Crippen LogP) is 6.56. The Labute approximate surface area is 177 Å². The van der Waals surface area contributed by atoms with Crippen LogP contribution in [0.2, 0.25) is 5.02 Å². The molecule has 0 radical (unpaired) electrons. The van der Waals surface area contributed by atoms with Crippen molar-refractivity contribution in [2.75, 3.05) is 11.9 Å². The maximum Gasteiger partial charge on any atom is 0.255 e. The van der Waals surface area contributed by atoms with Gasteiger partial charge >= 0.3 is 0 Å². The van der Waals surface area contributed by atoms with Crippen LogP contribution in [0.25, 0.3) is 0 Å². The SMILES string of the molecule is CCOc1ccc(C(=O)Nc2c(F)cccc2F)cc1CSc1ccc(Cl)cc1. The lowest BCUT2D eigenvalue weighted by Gasteiger charge is -2.13. The summed E-state index contributed by atoms with van der Waals surface area (Å²) in [7, 11) is 0. The van der Waals surface area contributed by atoms with Crippen molar-refractivity contribution in [1.29, 1.82) is 0 Å². The van der Waals surface area contributed by atoms with Crippen molar-refractivity contribution in [1.82, 2.24) is 0 Å². The van der Waals surface area contributed by atoms with Crippen molar-refractivity contribution < 1.29 is 18.3 Å². The van der Waals surface area contributed by atoms with Crippen LogP contribution in [-0.2, 0) is 5.75 Å². The number of thioether (sulfide) groups is 1. The molecule has 7 heteroatoms. The molecular formula is C22H18ClF2NO2S. The van der Waals surface area contributed by atoms with Crippen LogP contribution in [0.1, 0.15) is 22.8 Å². The van der Waals surface area contributed by atoms with Crippen molar-refractivity contribution in [2.45, 2.75) is 17.6 Å². The molecule has 0 bridgehead atoms. The van der Waals surface area contributed by atoms with Crippen molar-refractivity contribution in [3.05, 3.63) is 88.4 Å². The van der Waals surface area contributed by atoms with Crippen LogP contribution in [0, 0.1) is 11.6 Å². The standard InChI is InChI=1S/C22H18ClF2NO2S/c1-2-28-20-11-6-14(22(27)26-21-18(24)4-3-5-19(21)25)12-15(20)13-29-17-9-7-16(23)8-10-17/h3-12H,2,13H2,1H3,(H,26,27). The van der Waals surface area contributed by atoms with Gasteiger partial charge in [-0.05, 0) is 61.5 Å². The molecule has 0 saturated heterocycles. The summed E-state index contributed by atoms with van der Waals surface area (Å²) in [5, 5.41) is 2.96. The number of nitrogens with one attached hydrogen (secondary N) is 1. The van der Waals surface area contributed by atoms with Gasteiger partial charge in [-0.25, -0.2) is 8.78 Å². The van der Waals surface area contributed by atoms with Gasteiger partial charge in [-0.1, -0.05) is 17.7 Å². The second-order valence-corrected chi connectivity index (χ2v) is 7.53. The summed E-state index contributed by atoms with van der Waals surface area (Å²) in [5.74, 6) is -1.06. The van der Waals surface area contributed by atoms with E-state index in [1.54, 1.807) is 42.1 Å². The average Bonchev–Trinajstić information content (AvgIpc) is 2.71. The lowest BCUT2D eigenvalue weighted by Crippen LogP contribution is -2.14. The number of hydrogen-bond donors (Lipinski definition) is 1. The maximum atomic E-state index is 13.8. The van der Waals surface area contributed by atoms with E-state index in [1.807, 2.05) is 19.1 Å².